The summed E-state index contributed by atoms with van der Waals surface area (Å²) < 4.78 is 0. The molecule has 1 fully saturated rings. The van der Waals surface area contributed by atoms with Gasteiger partial charge in [-0.05, 0) is 31.9 Å². The molecule has 92 valence electrons. The molecule has 1 saturated carbocycles. The normalized spacial score (nSPS) is 16.1. The van der Waals surface area contributed by atoms with Gasteiger partial charge in [0.05, 0.1) is 5.56 Å². The van der Waals surface area contributed by atoms with E-state index in [0.29, 0.717) is 6.04 Å². The summed E-state index contributed by atoms with van der Waals surface area (Å²) in [6.45, 7) is 3.05. The lowest BCUT2D eigenvalue weighted by Gasteiger charge is -2.30. The number of hydrogen-bond acceptors (Lipinski definition) is 3. The molecule has 0 aromatic carbocycles. The molecule has 1 heterocycles. The summed E-state index contributed by atoms with van der Waals surface area (Å²) >= 11 is 0. The van der Waals surface area contributed by atoms with E-state index in [0.717, 1.165) is 17.9 Å². The number of rotatable bonds is 4. The zero-order valence-corrected chi connectivity index (χ0v) is 10.3. The molecule has 0 bridgehead atoms. The van der Waals surface area contributed by atoms with Crippen LogP contribution in [0.3, 0.4) is 0 Å². The first-order valence-electron chi connectivity index (χ1n) is 6.30. The summed E-state index contributed by atoms with van der Waals surface area (Å²) in [6.07, 6.45) is 6.82. The fourth-order valence-corrected chi connectivity index (χ4v) is 2.63. The van der Waals surface area contributed by atoms with E-state index in [1.54, 1.807) is 6.20 Å². The molecule has 1 aromatic heterocycles. The van der Waals surface area contributed by atoms with Gasteiger partial charge in [0.15, 0.2) is 0 Å². The lowest BCUT2D eigenvalue weighted by Crippen LogP contribution is -2.35. The van der Waals surface area contributed by atoms with E-state index in [9.17, 15) is 0 Å². The van der Waals surface area contributed by atoms with Crippen molar-refractivity contribution in [2.45, 2.75) is 38.6 Å². The molecule has 2 rings (SSSR count). The predicted octanol–water partition coefficient (Wildman–Crippen LogP) is 2.13. The van der Waals surface area contributed by atoms with Gasteiger partial charge < -0.3 is 10.6 Å². The van der Waals surface area contributed by atoms with Crippen molar-refractivity contribution in [3.8, 4) is 0 Å². The number of hydrogen-bond donors (Lipinski definition) is 2. The van der Waals surface area contributed by atoms with Crippen molar-refractivity contribution in [2.24, 2.45) is 5.73 Å². The van der Waals surface area contributed by atoms with Gasteiger partial charge in [-0.25, -0.2) is 4.98 Å². The first-order valence-corrected chi connectivity index (χ1v) is 6.30. The van der Waals surface area contributed by atoms with Gasteiger partial charge in [0.25, 0.3) is 0 Å². The molecule has 1 aliphatic rings. The highest BCUT2D eigenvalue weighted by Crippen LogP contribution is 2.28. The first-order chi connectivity index (χ1) is 8.24. The molecule has 0 atom stereocenters. The molecule has 0 saturated heterocycles. The average molecular weight is 232 g/mol. The number of aromatic nitrogens is 1. The maximum atomic E-state index is 7.63. The molecule has 0 aliphatic heterocycles. The molecule has 4 nitrogen and oxygen atoms in total. The standard InChI is InChI=1S/C13H20N4/c1-2-17(10-6-3-4-7-10)13-11(12(14)15)8-5-9-16-13/h5,8-10H,2-4,6-7H2,1H3,(H3,14,15). The van der Waals surface area contributed by atoms with Crippen LogP contribution in [0.4, 0.5) is 5.82 Å². The van der Waals surface area contributed by atoms with Crippen LogP contribution in [0.25, 0.3) is 0 Å². The van der Waals surface area contributed by atoms with Gasteiger partial charge >= 0.3 is 0 Å². The van der Waals surface area contributed by atoms with Gasteiger partial charge in [-0.3, -0.25) is 5.41 Å². The maximum absolute atomic E-state index is 7.63. The van der Waals surface area contributed by atoms with E-state index in [1.165, 1.54) is 25.7 Å². The Kier molecular flexibility index (Phi) is 3.61. The molecule has 4 heteroatoms. The Bertz CT molecular complexity index is 396. The monoisotopic (exact) mass is 232 g/mol. The van der Waals surface area contributed by atoms with Crippen molar-refractivity contribution < 1.29 is 0 Å². The number of anilines is 1. The Morgan fingerprint density at radius 1 is 1.53 bits per heavy atom. The maximum Gasteiger partial charge on any atom is 0.139 e. The van der Waals surface area contributed by atoms with Crippen LogP contribution in [0, 0.1) is 5.41 Å². The fraction of sp³-hybridized carbons (Fsp3) is 0.538. The lowest BCUT2D eigenvalue weighted by atomic mass is 10.1. The minimum atomic E-state index is 0.101. The van der Waals surface area contributed by atoms with Crippen molar-refractivity contribution in [3.05, 3.63) is 23.9 Å². The number of pyridine rings is 1. The smallest absolute Gasteiger partial charge is 0.139 e. The number of nitrogens with one attached hydrogen (secondary N) is 1. The van der Waals surface area contributed by atoms with Gasteiger partial charge in [0.1, 0.15) is 11.7 Å². The Morgan fingerprint density at radius 3 is 2.82 bits per heavy atom. The third-order valence-corrected chi connectivity index (χ3v) is 3.46. The Morgan fingerprint density at radius 2 is 2.24 bits per heavy atom. The SMILES string of the molecule is CCN(c1ncccc1C(=N)N)C1CCCC1. The van der Waals surface area contributed by atoms with Gasteiger partial charge in [-0.2, -0.15) is 0 Å². The molecule has 3 N–H and O–H groups in total. The van der Waals surface area contributed by atoms with Crippen LogP contribution in [-0.2, 0) is 0 Å². The van der Waals surface area contributed by atoms with E-state index in [4.69, 9.17) is 11.1 Å². The van der Waals surface area contributed by atoms with E-state index in [1.807, 2.05) is 12.1 Å². The van der Waals surface area contributed by atoms with Crippen LogP contribution in [0.1, 0.15) is 38.2 Å². The summed E-state index contributed by atoms with van der Waals surface area (Å²) in [4.78, 5) is 6.72. The minimum Gasteiger partial charge on any atom is -0.384 e. The topological polar surface area (TPSA) is 66.0 Å². The molecule has 0 amide bonds. The van der Waals surface area contributed by atoms with Crippen molar-refractivity contribution in [2.75, 3.05) is 11.4 Å². The van der Waals surface area contributed by atoms with Crippen LogP contribution in [0.2, 0.25) is 0 Å². The molecular weight excluding hydrogens is 212 g/mol. The van der Waals surface area contributed by atoms with Crippen molar-refractivity contribution in [1.82, 2.24) is 4.98 Å². The second-order valence-electron chi connectivity index (χ2n) is 4.51. The van der Waals surface area contributed by atoms with Gasteiger partial charge in [0.2, 0.25) is 0 Å². The second kappa shape index (κ2) is 5.17. The fourth-order valence-electron chi connectivity index (χ4n) is 2.63. The highest BCUT2D eigenvalue weighted by molar-refractivity contribution is 5.99. The highest BCUT2D eigenvalue weighted by Gasteiger charge is 2.24. The molecule has 17 heavy (non-hydrogen) atoms. The van der Waals surface area contributed by atoms with Crippen molar-refractivity contribution in [3.63, 3.8) is 0 Å². The molecule has 1 aromatic rings. The predicted molar refractivity (Wildman–Crippen MR) is 70.5 cm³/mol. The Hall–Kier alpha value is -1.58. The summed E-state index contributed by atoms with van der Waals surface area (Å²) in [6, 6.07) is 4.28. The Balaban J connectivity index is 2.32. The number of amidine groups is 1. The van der Waals surface area contributed by atoms with Crippen LogP contribution >= 0.6 is 0 Å². The third kappa shape index (κ3) is 2.40. The summed E-state index contributed by atoms with van der Waals surface area (Å²) in [5.74, 6) is 0.971. The van der Waals surface area contributed by atoms with E-state index >= 15 is 0 Å². The van der Waals surface area contributed by atoms with E-state index < -0.39 is 0 Å². The number of nitrogens with two attached hydrogens (primary N) is 1. The summed E-state index contributed by atoms with van der Waals surface area (Å²) in [7, 11) is 0. The van der Waals surface area contributed by atoms with Crippen LogP contribution in [0.15, 0.2) is 18.3 Å². The van der Waals surface area contributed by atoms with Crippen LogP contribution in [0.5, 0.6) is 0 Å². The lowest BCUT2D eigenvalue weighted by molar-refractivity contribution is 0.612. The van der Waals surface area contributed by atoms with Crippen LogP contribution in [-0.4, -0.2) is 23.4 Å². The quantitative estimate of drug-likeness (QED) is 0.617. The van der Waals surface area contributed by atoms with Crippen molar-refractivity contribution >= 4 is 11.7 Å². The third-order valence-electron chi connectivity index (χ3n) is 3.46. The van der Waals surface area contributed by atoms with E-state index in [2.05, 4.69) is 16.8 Å². The summed E-state index contributed by atoms with van der Waals surface area (Å²) in [5, 5.41) is 7.63. The Labute approximate surface area is 102 Å². The minimum absolute atomic E-state index is 0.101. The highest BCUT2D eigenvalue weighted by atomic mass is 15.2. The molecular formula is C13H20N4. The average Bonchev–Trinajstić information content (AvgIpc) is 2.84. The van der Waals surface area contributed by atoms with E-state index in [-0.39, 0.29) is 5.84 Å². The summed E-state index contributed by atoms with van der Waals surface area (Å²) in [5.41, 5.74) is 6.37. The largest absolute Gasteiger partial charge is 0.384 e. The zero-order chi connectivity index (χ0) is 12.3. The molecule has 0 spiro atoms. The molecule has 1 aliphatic carbocycles. The van der Waals surface area contributed by atoms with Crippen molar-refractivity contribution in [1.29, 1.82) is 5.41 Å². The van der Waals surface area contributed by atoms with Gasteiger partial charge in [0, 0.05) is 18.8 Å². The molecule has 0 radical (unpaired) electrons. The first kappa shape index (κ1) is 11.9. The number of nitrogens with zero attached hydrogens (tertiary/aromatic N) is 2. The second-order valence-corrected chi connectivity index (χ2v) is 4.51. The van der Waals surface area contributed by atoms with Gasteiger partial charge in [-0.1, -0.05) is 12.8 Å². The van der Waals surface area contributed by atoms with Gasteiger partial charge in [-0.15, -0.1) is 0 Å². The number of nitrogen functional groups attached to an aromatic ring is 1. The zero-order valence-electron chi connectivity index (χ0n) is 10.3. The van der Waals surface area contributed by atoms with Crippen LogP contribution < -0.4 is 10.6 Å². The molecule has 0 unspecified atom stereocenters.